The first-order valence-corrected chi connectivity index (χ1v) is 7.98. The molecule has 0 rings (SSSR count). The van der Waals surface area contributed by atoms with Crippen LogP contribution >= 0.6 is 0 Å². The molecule has 0 bridgehead atoms. The van der Waals surface area contributed by atoms with Crippen LogP contribution in [0.4, 0.5) is 0 Å². The molecule has 0 aliphatic carbocycles. The van der Waals surface area contributed by atoms with Crippen molar-refractivity contribution < 1.29 is 42.1 Å². The first kappa shape index (κ1) is 38.3. The third kappa shape index (κ3) is 107. The van der Waals surface area contributed by atoms with Gasteiger partial charge in [-0.3, -0.25) is 0 Å². The Morgan fingerprint density at radius 1 is 0.455 bits per heavy atom. The van der Waals surface area contributed by atoms with Crippen molar-refractivity contribution in [1.82, 2.24) is 0 Å². The zero-order valence-corrected chi connectivity index (χ0v) is 16.8. The van der Waals surface area contributed by atoms with E-state index in [2.05, 4.69) is 0 Å². The van der Waals surface area contributed by atoms with Gasteiger partial charge in [0.15, 0.2) is 0 Å². The molecule has 0 heterocycles. The fourth-order valence-electron chi connectivity index (χ4n) is 0.577. The second-order valence-electron chi connectivity index (χ2n) is 4.23. The zero-order chi connectivity index (χ0) is 16.5. The Morgan fingerprint density at radius 3 is 0.591 bits per heavy atom. The summed E-state index contributed by atoms with van der Waals surface area (Å²) in [6.45, 7) is 8.42. The van der Waals surface area contributed by atoms with Crippen molar-refractivity contribution in [3.8, 4) is 0 Å². The molecule has 0 aromatic heterocycles. The van der Waals surface area contributed by atoms with Crippen LogP contribution in [-0.4, -0.2) is 34.8 Å². The maximum Gasteiger partial charge on any atom is 4.00 e. The molecule has 0 spiro atoms. The third-order valence-electron chi connectivity index (χ3n) is 1.99. The number of rotatable bonds is 8. The average molecular weight is 351 g/mol. The van der Waals surface area contributed by atoms with Crippen molar-refractivity contribution in [2.75, 3.05) is 26.4 Å². The van der Waals surface area contributed by atoms with Crippen LogP contribution in [0.25, 0.3) is 0 Å². The van der Waals surface area contributed by atoms with Gasteiger partial charge < -0.3 is 20.4 Å². The zero-order valence-electron chi connectivity index (χ0n) is 15.2. The molecule has 0 atom stereocenters. The van der Waals surface area contributed by atoms with E-state index < -0.39 is 0 Å². The molecule has 0 aliphatic heterocycles. The number of hydrogen-bond donors (Lipinski definition) is 0. The number of hydrogen-bond acceptors (Lipinski definition) is 4. The van der Waals surface area contributed by atoms with Gasteiger partial charge in [0.1, 0.15) is 0 Å². The molecule has 0 aromatic rings. The third-order valence-corrected chi connectivity index (χ3v) is 1.99. The smallest absolute Gasteiger partial charge is 0.854 e. The van der Waals surface area contributed by atoms with Gasteiger partial charge in [0.05, 0.1) is 0 Å². The van der Waals surface area contributed by atoms with E-state index in [1.807, 2.05) is 27.7 Å². The molecule has 3 radical (unpaired) electrons. The molecule has 0 N–H and O–H groups in total. The number of unbranched alkanes of at least 4 members (excludes halogenated alkanes) is 4. The molecule has 131 valence electrons. The summed E-state index contributed by atoms with van der Waals surface area (Å²) in [5, 5.41) is 38.1. The molecule has 4 nitrogen and oxygen atoms in total. The first-order valence-electron chi connectivity index (χ1n) is 7.98. The van der Waals surface area contributed by atoms with Crippen LogP contribution < -0.4 is 20.4 Å². The largest absolute Gasteiger partial charge is 4.00 e. The van der Waals surface area contributed by atoms with Crippen molar-refractivity contribution in [3.05, 3.63) is 0 Å². The van der Waals surface area contributed by atoms with E-state index in [9.17, 15) is 20.4 Å². The van der Waals surface area contributed by atoms with E-state index in [4.69, 9.17) is 0 Å². The summed E-state index contributed by atoms with van der Waals surface area (Å²) in [6.07, 6.45) is 7.46. The monoisotopic (exact) mass is 351 g/mol. The fraction of sp³-hybridized carbons (Fsp3) is 1.00. The standard InChI is InChI=1S/4C4H9O.B.Ti/c4*1-2-3-4-5;;/h4*2-4H2,1H3;;/q4*-1;;+4. The summed E-state index contributed by atoms with van der Waals surface area (Å²) in [7, 11) is 0. The molecule has 0 aromatic carbocycles. The first-order chi connectivity index (χ1) is 9.66. The Hall–Kier alpha value is 0.619. The Balaban J connectivity index is -0.0000000376. The van der Waals surface area contributed by atoms with Gasteiger partial charge in [0.25, 0.3) is 0 Å². The van der Waals surface area contributed by atoms with Gasteiger partial charge >= 0.3 is 21.7 Å². The van der Waals surface area contributed by atoms with Crippen LogP contribution in [0, 0.1) is 0 Å². The maximum absolute atomic E-state index is 9.53. The topological polar surface area (TPSA) is 92.2 Å². The summed E-state index contributed by atoms with van der Waals surface area (Å²) in [5.74, 6) is 0. The van der Waals surface area contributed by atoms with Crippen LogP contribution in [0.2, 0.25) is 0 Å². The summed E-state index contributed by atoms with van der Waals surface area (Å²) < 4.78 is 0. The van der Waals surface area contributed by atoms with Gasteiger partial charge in [-0.15, -0.1) is 26.4 Å². The van der Waals surface area contributed by atoms with Crippen LogP contribution in [0.1, 0.15) is 79.1 Å². The minimum atomic E-state index is 0. The summed E-state index contributed by atoms with van der Waals surface area (Å²) >= 11 is 0. The fourth-order valence-corrected chi connectivity index (χ4v) is 0.577. The van der Waals surface area contributed by atoms with Gasteiger partial charge in [-0.2, -0.15) is 0 Å². The maximum atomic E-state index is 9.53. The molecule has 0 saturated heterocycles. The van der Waals surface area contributed by atoms with E-state index in [1.165, 1.54) is 0 Å². The summed E-state index contributed by atoms with van der Waals surface area (Å²) in [5.41, 5.74) is 0. The van der Waals surface area contributed by atoms with E-state index in [0.29, 0.717) is 0 Å². The molecule has 22 heavy (non-hydrogen) atoms. The molecule has 6 heteroatoms. The van der Waals surface area contributed by atoms with Crippen LogP contribution in [0.15, 0.2) is 0 Å². The Kier molecular flexibility index (Phi) is 100. The van der Waals surface area contributed by atoms with Gasteiger partial charge in [-0.05, 0) is 0 Å². The van der Waals surface area contributed by atoms with E-state index >= 15 is 0 Å². The van der Waals surface area contributed by atoms with Crippen LogP contribution in [-0.2, 0) is 21.7 Å². The molecule has 0 amide bonds. The van der Waals surface area contributed by atoms with Crippen molar-refractivity contribution in [1.29, 1.82) is 0 Å². The van der Waals surface area contributed by atoms with Gasteiger partial charge in [-0.25, -0.2) is 0 Å². The van der Waals surface area contributed by atoms with Crippen LogP contribution in [0.5, 0.6) is 0 Å². The Labute approximate surface area is 156 Å². The Bertz CT molecular complexity index is 80.1. The predicted molar refractivity (Wildman–Crippen MR) is 84.9 cm³/mol. The summed E-state index contributed by atoms with van der Waals surface area (Å²) in [6, 6.07) is 0. The van der Waals surface area contributed by atoms with Crippen molar-refractivity contribution in [2.45, 2.75) is 79.1 Å². The molecule has 0 aliphatic rings. The van der Waals surface area contributed by atoms with E-state index in [1.54, 1.807) is 0 Å². The molecule has 0 saturated carbocycles. The van der Waals surface area contributed by atoms with E-state index in [0.717, 1.165) is 51.4 Å². The predicted octanol–water partition coefficient (Wildman–Crippen LogP) is 0.204. The summed E-state index contributed by atoms with van der Waals surface area (Å²) in [4.78, 5) is 0. The molecular formula is C16H36BO4Ti. The van der Waals surface area contributed by atoms with Crippen molar-refractivity contribution in [2.24, 2.45) is 0 Å². The quantitative estimate of drug-likeness (QED) is 0.584. The molecular weight excluding hydrogens is 315 g/mol. The van der Waals surface area contributed by atoms with E-state index in [-0.39, 0.29) is 56.6 Å². The van der Waals surface area contributed by atoms with Crippen molar-refractivity contribution in [3.63, 3.8) is 0 Å². The Morgan fingerprint density at radius 2 is 0.591 bits per heavy atom. The molecule has 0 unspecified atom stereocenters. The van der Waals surface area contributed by atoms with Crippen molar-refractivity contribution >= 4 is 8.41 Å². The molecule has 0 fully saturated rings. The van der Waals surface area contributed by atoms with Gasteiger partial charge in [-0.1, -0.05) is 79.1 Å². The normalized spacial score (nSPS) is 7.64. The van der Waals surface area contributed by atoms with Gasteiger partial charge in [0.2, 0.25) is 0 Å². The van der Waals surface area contributed by atoms with Crippen LogP contribution in [0.3, 0.4) is 0 Å². The minimum absolute atomic E-state index is 0. The van der Waals surface area contributed by atoms with Gasteiger partial charge in [0, 0.05) is 8.41 Å². The minimum Gasteiger partial charge on any atom is -0.854 e. The average Bonchev–Trinajstić information content (AvgIpc) is 2.44. The second kappa shape index (κ2) is 57.7. The second-order valence-corrected chi connectivity index (χ2v) is 4.23. The SMILES string of the molecule is CCCC[O-].CCCC[O-].CCCC[O-].CCCC[O-].[B].[Ti+4].